The molecule has 0 aliphatic carbocycles. The molecule has 1 amide bonds. The molecule has 20 heavy (non-hydrogen) atoms. The normalized spacial score (nSPS) is 18.4. The third-order valence-electron chi connectivity index (χ3n) is 3.63. The molecular formula is C15H19NO4. The van der Waals surface area contributed by atoms with Gasteiger partial charge in [-0.1, -0.05) is 6.92 Å². The van der Waals surface area contributed by atoms with Crippen molar-refractivity contribution in [3.05, 3.63) is 29.8 Å². The quantitative estimate of drug-likeness (QED) is 0.865. The topological polar surface area (TPSA) is 66.8 Å². The SMILES string of the molecule is CCC1CCC(=O)N1CCOc1ccc(C(=O)O)cc1. The van der Waals surface area contributed by atoms with Crippen LogP contribution in [0.25, 0.3) is 0 Å². The fraction of sp³-hybridized carbons (Fsp3) is 0.467. The van der Waals surface area contributed by atoms with Gasteiger partial charge in [-0.15, -0.1) is 0 Å². The molecular weight excluding hydrogens is 258 g/mol. The van der Waals surface area contributed by atoms with E-state index in [1.807, 2.05) is 4.90 Å². The van der Waals surface area contributed by atoms with Crippen LogP contribution in [0.5, 0.6) is 5.75 Å². The number of likely N-dealkylation sites (tertiary alicyclic amines) is 1. The van der Waals surface area contributed by atoms with Crippen molar-refractivity contribution in [2.24, 2.45) is 0 Å². The number of hydrogen-bond acceptors (Lipinski definition) is 3. The van der Waals surface area contributed by atoms with Crippen molar-refractivity contribution in [3.8, 4) is 5.75 Å². The number of carbonyl (C=O) groups is 2. The predicted molar refractivity (Wildman–Crippen MR) is 73.9 cm³/mol. The van der Waals surface area contributed by atoms with Crippen LogP contribution in [-0.4, -0.2) is 41.1 Å². The average Bonchev–Trinajstić information content (AvgIpc) is 2.80. The molecule has 0 aromatic heterocycles. The van der Waals surface area contributed by atoms with Crippen LogP contribution in [0.1, 0.15) is 36.5 Å². The lowest BCUT2D eigenvalue weighted by Gasteiger charge is -2.23. The van der Waals surface area contributed by atoms with E-state index in [0.29, 0.717) is 31.4 Å². The molecule has 0 bridgehead atoms. The highest BCUT2D eigenvalue weighted by Gasteiger charge is 2.28. The maximum atomic E-state index is 11.7. The summed E-state index contributed by atoms with van der Waals surface area (Å²) in [6.45, 7) is 3.09. The Morgan fingerprint density at radius 2 is 2.10 bits per heavy atom. The van der Waals surface area contributed by atoms with Gasteiger partial charge in [0, 0.05) is 12.5 Å². The summed E-state index contributed by atoms with van der Waals surface area (Å²) in [7, 11) is 0. The Morgan fingerprint density at radius 3 is 2.70 bits per heavy atom. The van der Waals surface area contributed by atoms with Gasteiger partial charge in [-0.25, -0.2) is 4.79 Å². The number of rotatable bonds is 6. The van der Waals surface area contributed by atoms with Crippen LogP contribution in [0, 0.1) is 0 Å². The minimum atomic E-state index is -0.954. The van der Waals surface area contributed by atoms with Gasteiger partial charge in [0.25, 0.3) is 0 Å². The van der Waals surface area contributed by atoms with E-state index >= 15 is 0 Å². The molecule has 1 aromatic carbocycles. The second-order valence-corrected chi connectivity index (χ2v) is 4.87. The number of carboxylic acids is 1. The Bertz CT molecular complexity index is 483. The molecule has 1 aromatic rings. The van der Waals surface area contributed by atoms with Crippen LogP contribution in [0.3, 0.4) is 0 Å². The van der Waals surface area contributed by atoms with Crippen molar-refractivity contribution >= 4 is 11.9 Å². The number of carboxylic acid groups (broad SMARTS) is 1. The second-order valence-electron chi connectivity index (χ2n) is 4.87. The first-order valence-electron chi connectivity index (χ1n) is 6.87. The Labute approximate surface area is 118 Å². The Morgan fingerprint density at radius 1 is 1.40 bits per heavy atom. The van der Waals surface area contributed by atoms with Gasteiger partial charge in [-0.2, -0.15) is 0 Å². The molecule has 1 aliphatic rings. The molecule has 1 heterocycles. The summed E-state index contributed by atoms with van der Waals surface area (Å²) in [5.74, 6) is -0.138. The number of benzene rings is 1. The highest BCUT2D eigenvalue weighted by atomic mass is 16.5. The molecule has 1 unspecified atom stereocenters. The second kappa shape index (κ2) is 6.41. The van der Waals surface area contributed by atoms with Gasteiger partial charge in [0.05, 0.1) is 12.1 Å². The Kier molecular flexibility index (Phi) is 4.61. The van der Waals surface area contributed by atoms with E-state index in [0.717, 1.165) is 12.8 Å². The molecule has 5 nitrogen and oxygen atoms in total. The maximum absolute atomic E-state index is 11.7. The monoisotopic (exact) mass is 277 g/mol. The number of nitrogens with zero attached hydrogens (tertiary/aromatic N) is 1. The van der Waals surface area contributed by atoms with E-state index in [-0.39, 0.29) is 11.5 Å². The largest absolute Gasteiger partial charge is 0.492 e. The molecule has 1 atom stereocenters. The highest BCUT2D eigenvalue weighted by Crippen LogP contribution is 2.21. The molecule has 5 heteroatoms. The molecule has 0 saturated carbocycles. The summed E-state index contributed by atoms with van der Waals surface area (Å²) in [6, 6.07) is 6.61. The lowest BCUT2D eigenvalue weighted by atomic mass is 10.2. The molecule has 1 fully saturated rings. The van der Waals surface area contributed by atoms with Gasteiger partial charge in [-0.05, 0) is 37.1 Å². The number of amides is 1. The van der Waals surface area contributed by atoms with E-state index < -0.39 is 5.97 Å². The van der Waals surface area contributed by atoms with Crippen LogP contribution in [0.4, 0.5) is 0 Å². The van der Waals surface area contributed by atoms with E-state index in [9.17, 15) is 9.59 Å². The summed E-state index contributed by atoms with van der Waals surface area (Å²) in [5.41, 5.74) is 0.234. The number of carbonyl (C=O) groups excluding carboxylic acids is 1. The number of aromatic carboxylic acids is 1. The van der Waals surface area contributed by atoms with Crippen LogP contribution < -0.4 is 4.74 Å². The summed E-state index contributed by atoms with van der Waals surface area (Å²) in [5, 5.41) is 8.80. The van der Waals surface area contributed by atoms with Gasteiger partial charge in [0.1, 0.15) is 12.4 Å². The van der Waals surface area contributed by atoms with E-state index in [2.05, 4.69) is 6.92 Å². The zero-order valence-corrected chi connectivity index (χ0v) is 11.5. The molecule has 0 radical (unpaired) electrons. The van der Waals surface area contributed by atoms with Gasteiger partial charge in [-0.3, -0.25) is 4.79 Å². The van der Waals surface area contributed by atoms with E-state index in [1.54, 1.807) is 12.1 Å². The molecule has 108 valence electrons. The van der Waals surface area contributed by atoms with Crippen LogP contribution in [-0.2, 0) is 4.79 Å². The van der Waals surface area contributed by atoms with Crippen molar-refractivity contribution in [2.45, 2.75) is 32.2 Å². The summed E-state index contributed by atoms with van der Waals surface area (Å²) in [6.07, 6.45) is 2.54. The van der Waals surface area contributed by atoms with Crippen molar-refractivity contribution < 1.29 is 19.4 Å². The van der Waals surface area contributed by atoms with Crippen molar-refractivity contribution in [3.63, 3.8) is 0 Å². The molecule has 0 spiro atoms. The highest BCUT2D eigenvalue weighted by molar-refractivity contribution is 5.87. The zero-order chi connectivity index (χ0) is 14.5. The first-order valence-corrected chi connectivity index (χ1v) is 6.87. The van der Waals surface area contributed by atoms with Crippen LogP contribution in [0.15, 0.2) is 24.3 Å². The average molecular weight is 277 g/mol. The number of hydrogen-bond donors (Lipinski definition) is 1. The van der Waals surface area contributed by atoms with Crippen LogP contribution >= 0.6 is 0 Å². The van der Waals surface area contributed by atoms with Crippen molar-refractivity contribution in [1.82, 2.24) is 4.90 Å². The summed E-state index contributed by atoms with van der Waals surface area (Å²) >= 11 is 0. The van der Waals surface area contributed by atoms with Gasteiger partial charge >= 0.3 is 5.97 Å². The fourth-order valence-electron chi connectivity index (χ4n) is 2.48. The first kappa shape index (κ1) is 14.4. The lowest BCUT2D eigenvalue weighted by Crippen LogP contribution is -2.35. The zero-order valence-electron chi connectivity index (χ0n) is 11.5. The van der Waals surface area contributed by atoms with Gasteiger partial charge in [0.15, 0.2) is 0 Å². The standard InChI is InChI=1S/C15H19NO4/c1-2-12-5-8-14(17)16(12)9-10-20-13-6-3-11(4-7-13)15(18)19/h3-4,6-7,12H,2,5,8-10H2,1H3,(H,18,19). The third kappa shape index (κ3) is 3.29. The van der Waals surface area contributed by atoms with Crippen molar-refractivity contribution in [1.29, 1.82) is 0 Å². The minimum Gasteiger partial charge on any atom is -0.492 e. The Balaban J connectivity index is 1.83. The maximum Gasteiger partial charge on any atom is 0.335 e. The van der Waals surface area contributed by atoms with Crippen molar-refractivity contribution in [2.75, 3.05) is 13.2 Å². The predicted octanol–water partition coefficient (Wildman–Crippen LogP) is 2.16. The van der Waals surface area contributed by atoms with E-state index in [1.165, 1.54) is 12.1 Å². The smallest absolute Gasteiger partial charge is 0.335 e. The third-order valence-corrected chi connectivity index (χ3v) is 3.63. The fourth-order valence-corrected chi connectivity index (χ4v) is 2.48. The van der Waals surface area contributed by atoms with E-state index in [4.69, 9.17) is 9.84 Å². The number of ether oxygens (including phenoxy) is 1. The molecule has 1 saturated heterocycles. The summed E-state index contributed by atoms with van der Waals surface area (Å²) in [4.78, 5) is 24.3. The molecule has 2 rings (SSSR count). The Hall–Kier alpha value is -2.04. The van der Waals surface area contributed by atoms with Gasteiger partial charge < -0.3 is 14.7 Å². The summed E-state index contributed by atoms with van der Waals surface area (Å²) < 4.78 is 5.56. The molecule has 1 aliphatic heterocycles. The first-order chi connectivity index (χ1) is 9.61. The molecule has 1 N–H and O–H groups in total. The lowest BCUT2D eigenvalue weighted by molar-refractivity contribution is -0.129. The minimum absolute atomic E-state index is 0.196. The van der Waals surface area contributed by atoms with Crippen LogP contribution in [0.2, 0.25) is 0 Å². The van der Waals surface area contributed by atoms with Gasteiger partial charge in [0.2, 0.25) is 5.91 Å².